The molecule has 7 nitrogen and oxygen atoms in total. The minimum absolute atomic E-state index is 0.0100. The van der Waals surface area contributed by atoms with Gasteiger partial charge in [0.15, 0.2) is 5.69 Å². The fourth-order valence-corrected chi connectivity index (χ4v) is 2.99. The van der Waals surface area contributed by atoms with Crippen LogP contribution in [-0.2, 0) is 11.3 Å². The number of thiophene rings is 1. The van der Waals surface area contributed by atoms with Gasteiger partial charge in [0.2, 0.25) is 5.82 Å². The van der Waals surface area contributed by atoms with Crippen LogP contribution in [0.3, 0.4) is 0 Å². The van der Waals surface area contributed by atoms with Gasteiger partial charge in [-0.1, -0.05) is 0 Å². The molecule has 1 N–H and O–H groups in total. The summed E-state index contributed by atoms with van der Waals surface area (Å²) in [5, 5.41) is 15.8. The molecule has 0 spiro atoms. The second kappa shape index (κ2) is 6.64. The van der Waals surface area contributed by atoms with Crippen molar-refractivity contribution < 1.29 is 14.5 Å². The second-order valence-corrected chi connectivity index (χ2v) is 5.71. The van der Waals surface area contributed by atoms with Crippen molar-refractivity contribution in [1.29, 1.82) is 0 Å². The first-order valence-corrected chi connectivity index (χ1v) is 7.39. The summed E-state index contributed by atoms with van der Waals surface area (Å²) in [5.41, 5.74) is -0.189. The van der Waals surface area contributed by atoms with Gasteiger partial charge in [-0.15, -0.1) is 11.3 Å². The van der Waals surface area contributed by atoms with E-state index < -0.39 is 10.9 Å². The van der Waals surface area contributed by atoms with Crippen LogP contribution in [0.2, 0.25) is 0 Å². The lowest BCUT2D eigenvalue weighted by molar-refractivity contribution is -0.384. The number of esters is 1. The van der Waals surface area contributed by atoms with Crippen LogP contribution in [0.5, 0.6) is 0 Å². The Labute approximate surface area is 132 Å². The number of nitrogens with one attached hydrogen (secondary N) is 1. The normalized spacial score (nSPS) is 10.2. The molecule has 0 unspecified atom stereocenters. The smallest absolute Gasteiger partial charge is 0.356 e. The Morgan fingerprint density at radius 1 is 1.52 bits per heavy atom. The van der Waals surface area contributed by atoms with Crippen molar-refractivity contribution >= 4 is 44.7 Å². The lowest BCUT2D eigenvalue weighted by Crippen LogP contribution is -2.09. The van der Waals surface area contributed by atoms with E-state index in [9.17, 15) is 14.9 Å². The number of hydrogen-bond donors (Lipinski definition) is 1. The predicted octanol–water partition coefficient (Wildman–Crippen LogP) is 3.21. The Balaban J connectivity index is 2.28. The standard InChI is InChI=1S/C12H10BrN3O4S/c1-20-12(17)8-2-3-9(16(18)19)11(15-8)14-6-10-7(13)4-5-21-10/h2-5H,6H2,1H3,(H,14,15). The molecule has 0 radical (unpaired) electrons. The summed E-state index contributed by atoms with van der Waals surface area (Å²) in [7, 11) is 1.22. The van der Waals surface area contributed by atoms with Crippen LogP contribution in [0.4, 0.5) is 11.5 Å². The summed E-state index contributed by atoms with van der Waals surface area (Å²) in [6.45, 7) is 0.358. The number of anilines is 1. The minimum Gasteiger partial charge on any atom is -0.464 e. The summed E-state index contributed by atoms with van der Waals surface area (Å²) in [5.74, 6) is -0.617. The maximum Gasteiger partial charge on any atom is 0.356 e. The van der Waals surface area contributed by atoms with Gasteiger partial charge in [-0.05, 0) is 33.4 Å². The van der Waals surface area contributed by atoms with Gasteiger partial charge >= 0.3 is 11.7 Å². The van der Waals surface area contributed by atoms with Crippen molar-refractivity contribution in [1.82, 2.24) is 4.98 Å². The van der Waals surface area contributed by atoms with Crippen LogP contribution in [0.25, 0.3) is 0 Å². The number of methoxy groups -OCH3 is 1. The molecule has 2 aromatic heterocycles. The van der Waals surface area contributed by atoms with Gasteiger partial charge in [-0.25, -0.2) is 9.78 Å². The summed E-state index contributed by atoms with van der Waals surface area (Å²) in [4.78, 5) is 26.8. The van der Waals surface area contributed by atoms with Crippen molar-refractivity contribution in [3.8, 4) is 0 Å². The minimum atomic E-state index is -0.648. The number of nitrogens with zero attached hydrogens (tertiary/aromatic N) is 2. The number of ether oxygens (including phenoxy) is 1. The number of pyridine rings is 1. The van der Waals surface area contributed by atoms with Crippen LogP contribution >= 0.6 is 27.3 Å². The molecule has 0 aliphatic rings. The first-order valence-electron chi connectivity index (χ1n) is 5.72. The van der Waals surface area contributed by atoms with Crippen LogP contribution in [0.1, 0.15) is 15.4 Å². The number of carbonyl (C=O) groups is 1. The first-order chi connectivity index (χ1) is 10.0. The molecule has 0 bridgehead atoms. The average molecular weight is 372 g/mol. The summed E-state index contributed by atoms with van der Waals surface area (Å²) < 4.78 is 5.47. The molecule has 0 aromatic carbocycles. The highest BCUT2D eigenvalue weighted by atomic mass is 79.9. The van der Waals surface area contributed by atoms with E-state index in [2.05, 4.69) is 31.0 Å². The third-order valence-corrected chi connectivity index (χ3v) is 4.50. The molecule has 2 aromatic rings. The lowest BCUT2D eigenvalue weighted by Gasteiger charge is -2.07. The molecule has 0 amide bonds. The Hall–Kier alpha value is -2.00. The highest BCUT2D eigenvalue weighted by Crippen LogP contribution is 2.26. The Morgan fingerprint density at radius 2 is 2.29 bits per heavy atom. The fraction of sp³-hybridized carbons (Fsp3) is 0.167. The number of carbonyl (C=O) groups excluding carboxylic acids is 1. The molecule has 0 fully saturated rings. The summed E-state index contributed by atoms with van der Waals surface area (Å²) >= 11 is 4.88. The Morgan fingerprint density at radius 3 is 2.86 bits per heavy atom. The molecule has 21 heavy (non-hydrogen) atoms. The quantitative estimate of drug-likeness (QED) is 0.492. The van der Waals surface area contributed by atoms with Crippen molar-refractivity contribution in [2.75, 3.05) is 12.4 Å². The lowest BCUT2D eigenvalue weighted by atomic mass is 10.3. The van der Waals surface area contributed by atoms with E-state index in [0.29, 0.717) is 6.54 Å². The first kappa shape index (κ1) is 15.4. The molecule has 2 heterocycles. The van der Waals surface area contributed by atoms with Gasteiger partial charge in [0.05, 0.1) is 18.6 Å². The van der Waals surface area contributed by atoms with Gasteiger partial charge in [0.1, 0.15) is 0 Å². The highest BCUT2D eigenvalue weighted by Gasteiger charge is 2.19. The molecule has 0 saturated carbocycles. The van der Waals surface area contributed by atoms with Crippen molar-refractivity contribution in [3.63, 3.8) is 0 Å². The number of aromatic nitrogens is 1. The van der Waals surface area contributed by atoms with Crippen LogP contribution in [-0.4, -0.2) is 23.0 Å². The zero-order valence-electron chi connectivity index (χ0n) is 10.8. The topological polar surface area (TPSA) is 94.4 Å². The van der Waals surface area contributed by atoms with Crippen LogP contribution < -0.4 is 5.32 Å². The molecule has 2 rings (SSSR count). The predicted molar refractivity (Wildman–Crippen MR) is 81.6 cm³/mol. The van der Waals surface area contributed by atoms with E-state index in [1.54, 1.807) is 0 Å². The van der Waals surface area contributed by atoms with Gasteiger partial charge in [0.25, 0.3) is 0 Å². The number of nitro groups is 1. The molecule has 9 heteroatoms. The molecule has 0 aliphatic heterocycles. The number of hydrogen-bond acceptors (Lipinski definition) is 7. The molecule has 110 valence electrons. The monoisotopic (exact) mass is 371 g/mol. The summed E-state index contributed by atoms with van der Waals surface area (Å²) in [6.07, 6.45) is 0. The molecular weight excluding hydrogens is 362 g/mol. The van der Waals surface area contributed by atoms with Crippen molar-refractivity contribution in [2.45, 2.75) is 6.54 Å². The molecule has 0 atom stereocenters. The number of halogens is 1. The van der Waals surface area contributed by atoms with E-state index in [-0.39, 0.29) is 17.2 Å². The Bertz CT molecular complexity index is 689. The average Bonchev–Trinajstić information content (AvgIpc) is 2.89. The maximum absolute atomic E-state index is 11.4. The SMILES string of the molecule is COC(=O)c1ccc([N+](=O)[O-])c(NCc2sccc2Br)n1. The van der Waals surface area contributed by atoms with Gasteiger partial charge in [-0.3, -0.25) is 10.1 Å². The van der Waals surface area contributed by atoms with Crippen LogP contribution in [0.15, 0.2) is 28.1 Å². The van der Waals surface area contributed by atoms with Gasteiger partial charge < -0.3 is 10.1 Å². The highest BCUT2D eigenvalue weighted by molar-refractivity contribution is 9.10. The van der Waals surface area contributed by atoms with E-state index in [1.807, 2.05) is 11.4 Å². The fourth-order valence-electron chi connectivity index (χ4n) is 1.56. The van der Waals surface area contributed by atoms with E-state index in [4.69, 9.17) is 0 Å². The van der Waals surface area contributed by atoms with Gasteiger partial charge in [-0.2, -0.15) is 0 Å². The van der Waals surface area contributed by atoms with E-state index in [1.165, 1.54) is 30.6 Å². The maximum atomic E-state index is 11.4. The third-order valence-electron chi connectivity index (χ3n) is 2.57. The molecule has 0 saturated heterocycles. The van der Waals surface area contributed by atoms with E-state index >= 15 is 0 Å². The molecular formula is C12H10BrN3O4S. The number of rotatable bonds is 5. The van der Waals surface area contributed by atoms with Crippen molar-refractivity contribution in [2.24, 2.45) is 0 Å². The van der Waals surface area contributed by atoms with Crippen LogP contribution in [0, 0.1) is 10.1 Å². The summed E-state index contributed by atoms with van der Waals surface area (Å²) in [6, 6.07) is 4.37. The third kappa shape index (κ3) is 3.56. The van der Waals surface area contributed by atoms with Crippen molar-refractivity contribution in [3.05, 3.63) is 48.7 Å². The Kier molecular flexibility index (Phi) is 4.86. The van der Waals surface area contributed by atoms with E-state index in [0.717, 1.165) is 9.35 Å². The van der Waals surface area contributed by atoms with Gasteiger partial charge in [0, 0.05) is 15.4 Å². The second-order valence-electron chi connectivity index (χ2n) is 3.86. The zero-order valence-corrected chi connectivity index (χ0v) is 13.2. The largest absolute Gasteiger partial charge is 0.464 e. The molecule has 0 aliphatic carbocycles. The zero-order chi connectivity index (χ0) is 15.4.